The van der Waals surface area contributed by atoms with Gasteiger partial charge in [-0.3, -0.25) is 0 Å². The van der Waals surface area contributed by atoms with Gasteiger partial charge >= 0.3 is 7.48 Å². The van der Waals surface area contributed by atoms with E-state index in [-0.39, 0.29) is 23.8 Å². The Morgan fingerprint density at radius 1 is 0.649 bits per heavy atom. The number of aromatic hydroxyl groups is 8. The summed E-state index contributed by atoms with van der Waals surface area (Å²) in [6.45, 7) is 6.70. The molecule has 0 radical (unpaired) electrons. The molecule has 0 amide bonds. The molecule has 0 saturated heterocycles. The van der Waals surface area contributed by atoms with Crippen molar-refractivity contribution in [3.63, 3.8) is 0 Å². The van der Waals surface area contributed by atoms with Gasteiger partial charge in [-0.15, -0.1) is 0 Å². The van der Waals surface area contributed by atoms with E-state index in [4.69, 9.17) is 4.65 Å². The maximum Gasteiger partial charge on any atom is 0.309 e. The topological polar surface area (TPSA) is 191 Å². The van der Waals surface area contributed by atoms with Crippen LogP contribution in [0.15, 0.2) is 30.3 Å². The average molecular weight is 510 g/mol. The molecular formula is C26H27BO10. The lowest BCUT2D eigenvalue weighted by molar-refractivity contribution is -0.0893. The number of phenols is 8. The van der Waals surface area contributed by atoms with E-state index in [0.29, 0.717) is 11.0 Å². The molecule has 37 heavy (non-hydrogen) atoms. The third-order valence-corrected chi connectivity index (χ3v) is 6.93. The van der Waals surface area contributed by atoms with Crippen LogP contribution in [0.1, 0.15) is 27.7 Å². The highest BCUT2D eigenvalue weighted by atomic mass is 16.5. The Hall–Kier alpha value is -4.22. The van der Waals surface area contributed by atoms with E-state index >= 15 is 0 Å². The van der Waals surface area contributed by atoms with Gasteiger partial charge in [0.15, 0.2) is 23.0 Å². The van der Waals surface area contributed by atoms with Crippen molar-refractivity contribution >= 4 is 34.5 Å². The lowest BCUT2D eigenvalue weighted by Crippen LogP contribution is -2.49. The first kappa shape index (κ1) is 25.9. The van der Waals surface area contributed by atoms with Crippen molar-refractivity contribution < 1.29 is 50.6 Å². The van der Waals surface area contributed by atoms with Gasteiger partial charge in [-0.25, -0.2) is 0 Å². The monoisotopic (exact) mass is 510 g/mol. The minimum absolute atomic E-state index is 0.0310. The third kappa shape index (κ3) is 3.92. The number of hydrogen-bond donors (Lipinski definition) is 9. The summed E-state index contributed by atoms with van der Waals surface area (Å²) < 4.78 is 5.92. The lowest BCUT2D eigenvalue weighted by atomic mass is 9.81. The Morgan fingerprint density at radius 2 is 1.22 bits per heavy atom. The molecule has 10 nitrogen and oxygen atoms in total. The van der Waals surface area contributed by atoms with Crippen LogP contribution in [-0.4, -0.2) is 64.6 Å². The second-order valence-electron chi connectivity index (χ2n) is 9.94. The van der Waals surface area contributed by atoms with Crippen LogP contribution in [0, 0.1) is 0 Å². The van der Waals surface area contributed by atoms with Gasteiger partial charge in [0.05, 0.1) is 16.6 Å². The van der Waals surface area contributed by atoms with Crippen LogP contribution in [-0.2, 0) is 4.65 Å². The molecule has 0 aliphatic heterocycles. The van der Waals surface area contributed by atoms with E-state index in [0.717, 1.165) is 6.07 Å². The molecule has 11 heteroatoms. The Labute approximate surface area is 211 Å². The van der Waals surface area contributed by atoms with Crippen LogP contribution in [0.5, 0.6) is 46.0 Å². The Bertz CT molecular complexity index is 1570. The zero-order valence-corrected chi connectivity index (χ0v) is 20.5. The molecule has 0 aliphatic rings. The number of phenolic OH excluding ortho intramolecular Hbond substituents is 8. The van der Waals surface area contributed by atoms with E-state index in [9.17, 15) is 46.0 Å². The minimum Gasteiger partial charge on any atom is -0.506 e. The van der Waals surface area contributed by atoms with Gasteiger partial charge in [-0.05, 0) is 39.3 Å². The number of rotatable bonds is 5. The molecule has 0 saturated carbocycles. The fourth-order valence-corrected chi connectivity index (χ4v) is 4.07. The summed E-state index contributed by atoms with van der Waals surface area (Å²) in [6.07, 6.45) is 0. The SMILES string of the molecule is CC(C)(O)C(C)(C)OBc1cccc(-c2c(O)c3c(O)c(O)c(O)c(O)c3c3c(O)c(O)c(O)cc23)c1. The fraction of sp³-hybridized carbons (Fsp3) is 0.231. The molecule has 4 rings (SSSR count). The maximum atomic E-state index is 11.3. The summed E-state index contributed by atoms with van der Waals surface area (Å²) in [7, 11) is 0.0646. The van der Waals surface area contributed by atoms with Gasteiger partial charge in [-0.2, -0.15) is 0 Å². The molecule has 0 spiro atoms. The summed E-state index contributed by atoms with van der Waals surface area (Å²) >= 11 is 0. The number of hydrogen-bond acceptors (Lipinski definition) is 10. The van der Waals surface area contributed by atoms with Crippen LogP contribution in [0.25, 0.3) is 32.7 Å². The zero-order valence-electron chi connectivity index (χ0n) is 20.5. The highest BCUT2D eigenvalue weighted by Crippen LogP contribution is 2.59. The first-order valence-electron chi connectivity index (χ1n) is 11.3. The van der Waals surface area contributed by atoms with Gasteiger partial charge in [-0.1, -0.05) is 29.7 Å². The summed E-state index contributed by atoms with van der Waals surface area (Å²) in [5.74, 6) is -7.39. The first-order valence-corrected chi connectivity index (χ1v) is 11.3. The van der Waals surface area contributed by atoms with Crippen molar-refractivity contribution in [2.75, 3.05) is 0 Å². The zero-order chi connectivity index (χ0) is 27.6. The second-order valence-corrected chi connectivity index (χ2v) is 9.94. The van der Waals surface area contributed by atoms with Crippen molar-refractivity contribution in [1.82, 2.24) is 0 Å². The Kier molecular flexibility index (Phi) is 5.89. The summed E-state index contributed by atoms with van der Waals surface area (Å²) in [5, 5.41) is 92.7. The van der Waals surface area contributed by atoms with Crippen molar-refractivity contribution in [2.24, 2.45) is 0 Å². The van der Waals surface area contributed by atoms with Gasteiger partial charge in [0.25, 0.3) is 0 Å². The van der Waals surface area contributed by atoms with Crippen molar-refractivity contribution in [3.8, 4) is 57.1 Å². The number of fused-ring (bicyclic) bond motifs is 3. The fourth-order valence-electron chi connectivity index (χ4n) is 4.07. The number of aliphatic hydroxyl groups is 1. The van der Waals surface area contributed by atoms with E-state index in [1.165, 1.54) is 0 Å². The van der Waals surface area contributed by atoms with E-state index in [1.54, 1.807) is 52.0 Å². The lowest BCUT2D eigenvalue weighted by Gasteiger charge is -2.37. The molecule has 0 aliphatic carbocycles. The molecule has 0 unspecified atom stereocenters. The van der Waals surface area contributed by atoms with Crippen LogP contribution in [0.4, 0.5) is 0 Å². The molecule has 0 heterocycles. The van der Waals surface area contributed by atoms with E-state index in [1.807, 2.05) is 0 Å². The van der Waals surface area contributed by atoms with Gasteiger partial charge in [0.1, 0.15) is 5.75 Å². The van der Waals surface area contributed by atoms with Crippen molar-refractivity contribution in [3.05, 3.63) is 30.3 Å². The molecular weight excluding hydrogens is 483 g/mol. The standard InChI is InChI=1S/C26H27BO10/c1-25(2,36)26(3,4)37-27-11-7-5-6-10(8-11)14-12-9-13(28)18(29)20(31)15(12)16-17(19(14)30)22(33)24(35)23(34)21(16)32/h5-9,27-36H,1-4H3. The second kappa shape index (κ2) is 8.43. The van der Waals surface area contributed by atoms with Crippen LogP contribution in [0.2, 0.25) is 0 Å². The van der Waals surface area contributed by atoms with E-state index in [2.05, 4.69) is 0 Å². The molecule has 4 aromatic carbocycles. The van der Waals surface area contributed by atoms with Crippen molar-refractivity contribution in [2.45, 2.75) is 38.9 Å². The number of benzene rings is 4. The smallest absolute Gasteiger partial charge is 0.309 e. The summed E-state index contributed by atoms with van der Waals surface area (Å²) in [5.41, 5.74) is -1.16. The molecule has 4 aromatic rings. The normalized spacial score (nSPS) is 12.4. The summed E-state index contributed by atoms with van der Waals surface area (Å²) in [4.78, 5) is 0. The quantitative estimate of drug-likeness (QED) is 0.0835. The molecule has 9 N–H and O–H groups in total. The van der Waals surface area contributed by atoms with Gasteiger partial charge in [0.2, 0.25) is 17.2 Å². The molecule has 194 valence electrons. The molecule has 0 aromatic heterocycles. The molecule has 0 atom stereocenters. The first-order chi connectivity index (χ1) is 17.1. The minimum atomic E-state index is -1.15. The Morgan fingerprint density at radius 3 is 1.81 bits per heavy atom. The average Bonchev–Trinajstić information content (AvgIpc) is 2.82. The highest BCUT2D eigenvalue weighted by molar-refractivity contribution is 6.47. The molecule has 0 fully saturated rings. The summed E-state index contributed by atoms with van der Waals surface area (Å²) in [6, 6.07) is 7.63. The Balaban J connectivity index is 2.05. The molecule has 0 bridgehead atoms. The van der Waals surface area contributed by atoms with Gasteiger partial charge < -0.3 is 50.6 Å². The highest BCUT2D eigenvalue weighted by Gasteiger charge is 2.36. The largest absolute Gasteiger partial charge is 0.506 e. The third-order valence-electron chi connectivity index (χ3n) is 6.93. The van der Waals surface area contributed by atoms with Crippen LogP contribution < -0.4 is 5.46 Å². The van der Waals surface area contributed by atoms with Gasteiger partial charge in [0, 0.05) is 21.7 Å². The predicted molar refractivity (Wildman–Crippen MR) is 138 cm³/mol. The van der Waals surface area contributed by atoms with E-state index < -0.39 is 68.0 Å². The predicted octanol–water partition coefficient (Wildman–Crippen LogP) is 2.85. The van der Waals surface area contributed by atoms with Crippen LogP contribution >= 0.6 is 0 Å². The van der Waals surface area contributed by atoms with Crippen molar-refractivity contribution in [1.29, 1.82) is 0 Å². The maximum absolute atomic E-state index is 11.3. The van der Waals surface area contributed by atoms with Crippen LogP contribution in [0.3, 0.4) is 0 Å².